The van der Waals surface area contributed by atoms with E-state index in [1.165, 1.54) is 30.0 Å². The Bertz CT molecular complexity index is 491. The van der Waals surface area contributed by atoms with Gasteiger partial charge in [-0.15, -0.1) is 24.0 Å². The summed E-state index contributed by atoms with van der Waals surface area (Å²) in [5.41, 5.74) is 7.50. The number of guanidine groups is 1. The van der Waals surface area contributed by atoms with E-state index >= 15 is 0 Å². The van der Waals surface area contributed by atoms with E-state index in [0.29, 0.717) is 5.92 Å². The number of hydrogen-bond acceptors (Lipinski definition) is 3. The molecular formula is C17H27IN4S. The van der Waals surface area contributed by atoms with Crippen LogP contribution in [0.3, 0.4) is 0 Å². The fourth-order valence-corrected chi connectivity index (χ4v) is 4.11. The summed E-state index contributed by atoms with van der Waals surface area (Å²) in [6.45, 7) is 5.19. The van der Waals surface area contributed by atoms with E-state index < -0.39 is 0 Å². The summed E-state index contributed by atoms with van der Waals surface area (Å²) < 4.78 is 0. The molecule has 0 amide bonds. The van der Waals surface area contributed by atoms with Crippen LogP contribution in [0, 0.1) is 5.92 Å². The van der Waals surface area contributed by atoms with Crippen molar-refractivity contribution < 1.29 is 0 Å². The van der Waals surface area contributed by atoms with Gasteiger partial charge in [0.2, 0.25) is 0 Å². The summed E-state index contributed by atoms with van der Waals surface area (Å²) in [7, 11) is 0. The molecule has 2 aliphatic rings. The number of aliphatic imine (C=N–C) groups is 1. The molecule has 1 aromatic carbocycles. The molecule has 23 heavy (non-hydrogen) atoms. The highest BCUT2D eigenvalue weighted by molar-refractivity contribution is 14.0. The van der Waals surface area contributed by atoms with Crippen LogP contribution in [0.1, 0.15) is 12.8 Å². The van der Waals surface area contributed by atoms with Crippen LogP contribution >= 0.6 is 35.7 Å². The Balaban J connectivity index is 0.00000192. The number of halogens is 1. The Morgan fingerprint density at radius 1 is 1.17 bits per heavy atom. The van der Waals surface area contributed by atoms with Gasteiger partial charge in [0.25, 0.3) is 0 Å². The number of rotatable bonds is 3. The van der Waals surface area contributed by atoms with Gasteiger partial charge in [-0.25, -0.2) is 0 Å². The third kappa shape index (κ3) is 5.45. The van der Waals surface area contributed by atoms with Gasteiger partial charge in [-0.1, -0.05) is 18.2 Å². The minimum Gasteiger partial charge on any atom is -0.371 e. The second-order valence-corrected chi connectivity index (χ2v) is 7.31. The molecule has 0 radical (unpaired) electrons. The fourth-order valence-electron chi connectivity index (χ4n) is 3.20. The van der Waals surface area contributed by atoms with Crippen LogP contribution in [-0.2, 0) is 0 Å². The Morgan fingerprint density at radius 2 is 1.91 bits per heavy atom. The first-order chi connectivity index (χ1) is 10.8. The molecule has 0 spiro atoms. The highest BCUT2D eigenvalue weighted by Crippen LogP contribution is 2.23. The van der Waals surface area contributed by atoms with Crippen molar-refractivity contribution in [3.05, 3.63) is 30.3 Å². The summed E-state index contributed by atoms with van der Waals surface area (Å²) in [5, 5.41) is 0. The molecule has 4 nitrogen and oxygen atoms in total. The number of thioether (sulfide) groups is 1. The molecule has 1 aromatic rings. The topological polar surface area (TPSA) is 44.9 Å². The third-order valence-electron chi connectivity index (χ3n) is 4.49. The van der Waals surface area contributed by atoms with Crippen LogP contribution in [-0.4, -0.2) is 55.1 Å². The van der Waals surface area contributed by atoms with Crippen LogP contribution in [0.2, 0.25) is 0 Å². The average Bonchev–Trinajstić information content (AvgIpc) is 2.61. The molecular weight excluding hydrogens is 419 g/mol. The number of benzene rings is 1. The van der Waals surface area contributed by atoms with Crippen LogP contribution in [0.5, 0.6) is 0 Å². The highest BCUT2D eigenvalue weighted by atomic mass is 127. The Hall–Kier alpha value is -0.630. The highest BCUT2D eigenvalue weighted by Gasteiger charge is 2.20. The monoisotopic (exact) mass is 446 g/mol. The Kier molecular flexibility index (Phi) is 7.82. The van der Waals surface area contributed by atoms with Crippen molar-refractivity contribution in [2.75, 3.05) is 49.1 Å². The number of hydrogen-bond donors (Lipinski definition) is 1. The van der Waals surface area contributed by atoms with Gasteiger partial charge in [0.05, 0.1) is 0 Å². The van der Waals surface area contributed by atoms with Crippen molar-refractivity contribution in [3.8, 4) is 0 Å². The van der Waals surface area contributed by atoms with Crippen molar-refractivity contribution >= 4 is 47.4 Å². The van der Waals surface area contributed by atoms with Crippen LogP contribution in [0.25, 0.3) is 0 Å². The second kappa shape index (κ2) is 9.61. The summed E-state index contributed by atoms with van der Waals surface area (Å²) in [5.74, 6) is 3.70. The van der Waals surface area contributed by atoms with E-state index in [9.17, 15) is 0 Å². The molecule has 0 bridgehead atoms. The molecule has 2 heterocycles. The summed E-state index contributed by atoms with van der Waals surface area (Å²) in [6.07, 6.45) is 2.51. The molecule has 128 valence electrons. The van der Waals surface area contributed by atoms with Gasteiger partial charge in [-0.3, -0.25) is 4.99 Å². The quantitative estimate of drug-likeness (QED) is 0.441. The second-order valence-electron chi connectivity index (χ2n) is 6.09. The number of nitrogens with zero attached hydrogens (tertiary/aromatic N) is 3. The minimum absolute atomic E-state index is 0. The predicted molar refractivity (Wildman–Crippen MR) is 112 cm³/mol. The summed E-state index contributed by atoms with van der Waals surface area (Å²) in [6, 6.07) is 10.7. The lowest BCUT2D eigenvalue weighted by molar-refractivity contribution is 0.415. The fraction of sp³-hybridized carbons (Fsp3) is 0.588. The molecule has 2 fully saturated rings. The first kappa shape index (κ1) is 18.7. The standard InChI is InChI=1S/C17H26N4S.HI/c18-17(20-9-11-22-12-10-20)19-13-15-5-4-8-21(14-15)16-6-2-1-3-7-16;/h1-3,6-7,15H,4-5,8-14H2,(H2,18,19);1H. The normalized spacial score (nSPS) is 22.6. The van der Waals surface area contributed by atoms with Crippen molar-refractivity contribution in [2.45, 2.75) is 12.8 Å². The van der Waals surface area contributed by atoms with Crippen LogP contribution < -0.4 is 10.6 Å². The number of anilines is 1. The van der Waals surface area contributed by atoms with Crippen molar-refractivity contribution in [2.24, 2.45) is 16.6 Å². The molecule has 0 aliphatic carbocycles. The average molecular weight is 446 g/mol. The van der Waals surface area contributed by atoms with Crippen molar-refractivity contribution in [1.82, 2.24) is 4.90 Å². The summed E-state index contributed by atoms with van der Waals surface area (Å²) in [4.78, 5) is 9.40. The van der Waals surface area contributed by atoms with E-state index in [-0.39, 0.29) is 24.0 Å². The molecule has 1 unspecified atom stereocenters. The lowest BCUT2D eigenvalue weighted by atomic mass is 9.97. The number of nitrogens with two attached hydrogens (primary N) is 1. The largest absolute Gasteiger partial charge is 0.371 e. The van der Waals surface area contributed by atoms with E-state index in [1.54, 1.807) is 0 Å². The van der Waals surface area contributed by atoms with Crippen molar-refractivity contribution in [1.29, 1.82) is 0 Å². The molecule has 2 saturated heterocycles. The van der Waals surface area contributed by atoms with Gasteiger partial charge in [-0.05, 0) is 30.9 Å². The molecule has 0 aromatic heterocycles. The molecule has 0 saturated carbocycles. The lowest BCUT2D eigenvalue weighted by Gasteiger charge is -2.34. The first-order valence-electron chi connectivity index (χ1n) is 8.25. The van der Waals surface area contributed by atoms with Gasteiger partial charge in [0.1, 0.15) is 0 Å². The van der Waals surface area contributed by atoms with E-state index in [0.717, 1.165) is 38.7 Å². The van der Waals surface area contributed by atoms with Gasteiger partial charge in [0, 0.05) is 49.9 Å². The number of piperidine rings is 1. The maximum atomic E-state index is 6.16. The number of para-hydroxylation sites is 1. The van der Waals surface area contributed by atoms with E-state index in [4.69, 9.17) is 5.73 Å². The Morgan fingerprint density at radius 3 is 2.65 bits per heavy atom. The van der Waals surface area contributed by atoms with Gasteiger partial charge in [0.15, 0.2) is 5.96 Å². The maximum Gasteiger partial charge on any atom is 0.191 e. The molecule has 6 heteroatoms. The van der Waals surface area contributed by atoms with Crippen molar-refractivity contribution in [3.63, 3.8) is 0 Å². The summed E-state index contributed by atoms with van der Waals surface area (Å²) >= 11 is 2.00. The molecule has 3 rings (SSSR count). The zero-order chi connectivity index (χ0) is 15.2. The van der Waals surface area contributed by atoms with Gasteiger partial charge in [-0.2, -0.15) is 11.8 Å². The first-order valence-corrected chi connectivity index (χ1v) is 9.41. The predicted octanol–water partition coefficient (Wildman–Crippen LogP) is 2.88. The third-order valence-corrected chi connectivity index (χ3v) is 5.43. The minimum atomic E-state index is 0. The maximum absolute atomic E-state index is 6.16. The SMILES string of the molecule is I.NC(=NCC1CCCN(c2ccccc2)C1)N1CCSCC1. The van der Waals surface area contributed by atoms with E-state index in [1.807, 2.05) is 11.8 Å². The molecule has 2 N–H and O–H groups in total. The lowest BCUT2D eigenvalue weighted by Crippen LogP contribution is -2.43. The zero-order valence-corrected chi connectivity index (χ0v) is 16.7. The van der Waals surface area contributed by atoms with Gasteiger partial charge < -0.3 is 15.5 Å². The van der Waals surface area contributed by atoms with Crippen LogP contribution in [0.4, 0.5) is 5.69 Å². The molecule has 2 aliphatic heterocycles. The smallest absolute Gasteiger partial charge is 0.191 e. The molecule has 1 atom stereocenters. The zero-order valence-electron chi connectivity index (χ0n) is 13.6. The van der Waals surface area contributed by atoms with E-state index in [2.05, 4.69) is 45.1 Å². The Labute approximate surface area is 160 Å². The van der Waals surface area contributed by atoms with Crippen LogP contribution in [0.15, 0.2) is 35.3 Å². The van der Waals surface area contributed by atoms with Gasteiger partial charge >= 0.3 is 0 Å².